The van der Waals surface area contributed by atoms with Gasteiger partial charge in [0.2, 0.25) is 0 Å². The maximum atomic E-state index is 13.5. The molecule has 4 aromatic rings. The van der Waals surface area contributed by atoms with Gasteiger partial charge >= 0.3 is 0 Å². The molecular weight excluding hydrogens is 518 g/mol. The lowest BCUT2D eigenvalue weighted by molar-refractivity contribution is -0.140. The van der Waals surface area contributed by atoms with Crippen molar-refractivity contribution in [3.05, 3.63) is 131 Å². The molecule has 41 heavy (non-hydrogen) atoms. The molecule has 1 heterocycles. The first-order valence-electron chi connectivity index (χ1n) is 13.4. The zero-order valence-corrected chi connectivity index (χ0v) is 22.9. The van der Waals surface area contributed by atoms with Gasteiger partial charge in [-0.05, 0) is 60.0 Å². The number of carbonyl (C=O) groups is 2. The maximum Gasteiger partial charge on any atom is 0.295 e. The van der Waals surface area contributed by atoms with Crippen molar-refractivity contribution in [1.82, 2.24) is 4.90 Å². The van der Waals surface area contributed by atoms with Gasteiger partial charge in [0.05, 0.1) is 25.3 Å². The lowest BCUT2D eigenvalue weighted by Crippen LogP contribution is -2.29. The first-order valence-corrected chi connectivity index (χ1v) is 13.4. The van der Waals surface area contributed by atoms with Gasteiger partial charge in [-0.25, -0.2) is 0 Å². The summed E-state index contributed by atoms with van der Waals surface area (Å²) in [6, 6.07) is 30.4. The Bertz CT molecular complexity index is 1550. The second-order valence-electron chi connectivity index (χ2n) is 9.55. The smallest absolute Gasteiger partial charge is 0.295 e. The van der Waals surface area contributed by atoms with Gasteiger partial charge in [-0.15, -0.1) is 0 Å². The molecule has 1 N–H and O–H groups in total. The number of methoxy groups -OCH3 is 1. The molecule has 208 valence electrons. The van der Waals surface area contributed by atoms with Crippen LogP contribution in [0.5, 0.6) is 17.2 Å². The number of rotatable bonds is 10. The molecule has 1 aliphatic rings. The first-order chi connectivity index (χ1) is 20.0. The summed E-state index contributed by atoms with van der Waals surface area (Å²) in [4.78, 5) is 28.4. The lowest BCUT2D eigenvalue weighted by atomic mass is 9.94. The van der Waals surface area contributed by atoms with Gasteiger partial charge in [-0.2, -0.15) is 0 Å². The number of Topliss-reactive ketones (excluding diaryl/α,β-unsaturated/α-hetero) is 1. The largest absolute Gasteiger partial charge is 0.507 e. The van der Waals surface area contributed by atoms with Crippen molar-refractivity contribution in [2.75, 3.05) is 13.7 Å². The number of hydrogen-bond donors (Lipinski definition) is 1. The number of amides is 1. The zero-order valence-electron chi connectivity index (χ0n) is 22.9. The summed E-state index contributed by atoms with van der Waals surface area (Å²) < 4.78 is 17.2. The average Bonchev–Trinajstić information content (AvgIpc) is 3.26. The van der Waals surface area contributed by atoms with E-state index < -0.39 is 17.7 Å². The van der Waals surface area contributed by atoms with E-state index in [1.54, 1.807) is 49.6 Å². The number of ether oxygens (including phenoxy) is 3. The highest BCUT2D eigenvalue weighted by Gasteiger charge is 2.46. The van der Waals surface area contributed by atoms with Crippen LogP contribution in [0.4, 0.5) is 0 Å². The van der Waals surface area contributed by atoms with E-state index in [9.17, 15) is 14.7 Å². The van der Waals surface area contributed by atoms with E-state index in [4.69, 9.17) is 14.2 Å². The van der Waals surface area contributed by atoms with Crippen molar-refractivity contribution in [2.45, 2.75) is 26.1 Å². The molecule has 1 aliphatic heterocycles. The van der Waals surface area contributed by atoms with Crippen LogP contribution in [0.25, 0.3) is 5.76 Å². The Morgan fingerprint density at radius 3 is 2.10 bits per heavy atom. The number of aliphatic hydroxyl groups excluding tert-OH is 1. The normalized spacial score (nSPS) is 16.0. The summed E-state index contributed by atoms with van der Waals surface area (Å²) in [5.41, 5.74) is 2.90. The third kappa shape index (κ3) is 5.94. The van der Waals surface area contributed by atoms with Crippen LogP contribution < -0.4 is 14.2 Å². The number of aliphatic hydroxyl groups is 1. The fourth-order valence-corrected chi connectivity index (χ4v) is 4.89. The van der Waals surface area contributed by atoms with Gasteiger partial charge < -0.3 is 24.2 Å². The Labute approximate surface area is 239 Å². The minimum atomic E-state index is -0.848. The Morgan fingerprint density at radius 2 is 1.46 bits per heavy atom. The van der Waals surface area contributed by atoms with E-state index in [1.807, 2.05) is 67.6 Å². The van der Waals surface area contributed by atoms with Crippen molar-refractivity contribution in [1.29, 1.82) is 0 Å². The van der Waals surface area contributed by atoms with E-state index in [0.717, 1.165) is 11.1 Å². The quantitative estimate of drug-likeness (QED) is 0.142. The summed E-state index contributed by atoms with van der Waals surface area (Å²) in [7, 11) is 1.55. The van der Waals surface area contributed by atoms with Gasteiger partial charge in [0.15, 0.2) is 11.5 Å². The monoisotopic (exact) mass is 549 g/mol. The lowest BCUT2D eigenvalue weighted by Gasteiger charge is -2.26. The molecule has 0 bridgehead atoms. The maximum absolute atomic E-state index is 13.5. The molecule has 4 aromatic carbocycles. The molecule has 1 amide bonds. The average molecular weight is 550 g/mol. The Kier molecular flexibility index (Phi) is 8.34. The van der Waals surface area contributed by atoms with Crippen LogP contribution in [0.3, 0.4) is 0 Å². The Morgan fingerprint density at radius 1 is 0.805 bits per heavy atom. The van der Waals surface area contributed by atoms with Crippen LogP contribution in [0.2, 0.25) is 0 Å². The van der Waals surface area contributed by atoms with E-state index in [-0.39, 0.29) is 17.9 Å². The third-order valence-corrected chi connectivity index (χ3v) is 6.92. The summed E-state index contributed by atoms with van der Waals surface area (Å²) in [6.45, 7) is 2.80. The number of carbonyl (C=O) groups excluding carboxylic acids is 2. The summed E-state index contributed by atoms with van der Waals surface area (Å²) >= 11 is 0. The molecule has 7 nitrogen and oxygen atoms in total. The van der Waals surface area contributed by atoms with Gasteiger partial charge in [0.25, 0.3) is 11.7 Å². The standard InChI is InChI=1S/C34H31NO6/c1-3-40-29-20-26(16-19-28(29)41-22-24-12-8-5-9-13-24)31-30(32(36)25-14-17-27(39-2)18-15-25)33(37)34(38)35(31)21-23-10-6-4-7-11-23/h4-20,31,36H,3,21-22H2,1-2H3/b32-30+. The van der Waals surface area contributed by atoms with Crippen LogP contribution in [0, 0.1) is 0 Å². The predicted octanol–water partition coefficient (Wildman–Crippen LogP) is 6.29. The minimum Gasteiger partial charge on any atom is -0.507 e. The topological polar surface area (TPSA) is 85.3 Å². The van der Waals surface area contributed by atoms with Crippen LogP contribution in [-0.2, 0) is 22.7 Å². The van der Waals surface area contributed by atoms with E-state index >= 15 is 0 Å². The molecule has 1 atom stereocenters. The minimum absolute atomic E-state index is 0.0106. The molecule has 5 rings (SSSR count). The van der Waals surface area contributed by atoms with Crippen LogP contribution in [0.1, 0.15) is 35.2 Å². The first kappa shape index (κ1) is 27.5. The SMILES string of the molecule is CCOc1cc(C2/C(=C(\O)c3ccc(OC)cc3)C(=O)C(=O)N2Cc2ccccc2)ccc1OCc1ccccc1. The molecule has 1 fully saturated rings. The molecule has 1 saturated heterocycles. The van der Waals surface area contributed by atoms with Gasteiger partial charge in [0.1, 0.15) is 18.1 Å². The van der Waals surface area contributed by atoms with Crippen molar-refractivity contribution in [3.63, 3.8) is 0 Å². The van der Waals surface area contributed by atoms with E-state index in [0.29, 0.717) is 41.6 Å². The molecule has 7 heteroatoms. The zero-order chi connectivity index (χ0) is 28.8. The number of hydrogen-bond acceptors (Lipinski definition) is 6. The molecule has 0 spiro atoms. The molecule has 0 aromatic heterocycles. The van der Waals surface area contributed by atoms with Crippen LogP contribution in [-0.4, -0.2) is 35.4 Å². The van der Waals surface area contributed by atoms with Crippen molar-refractivity contribution < 1.29 is 28.9 Å². The second kappa shape index (κ2) is 12.4. The van der Waals surface area contributed by atoms with Crippen LogP contribution in [0.15, 0.2) is 109 Å². The summed E-state index contributed by atoms with van der Waals surface area (Å²) in [5, 5.41) is 11.4. The predicted molar refractivity (Wildman–Crippen MR) is 156 cm³/mol. The highest BCUT2D eigenvalue weighted by atomic mass is 16.5. The number of benzene rings is 4. The summed E-state index contributed by atoms with van der Waals surface area (Å²) in [6.07, 6.45) is 0. The highest BCUT2D eigenvalue weighted by molar-refractivity contribution is 6.46. The molecule has 0 aliphatic carbocycles. The molecule has 1 unspecified atom stereocenters. The Balaban J connectivity index is 1.58. The number of likely N-dealkylation sites (tertiary alicyclic amines) is 1. The molecule has 0 saturated carbocycles. The van der Waals surface area contributed by atoms with Gasteiger partial charge in [-0.3, -0.25) is 9.59 Å². The van der Waals surface area contributed by atoms with Gasteiger partial charge in [0, 0.05) is 12.1 Å². The second-order valence-corrected chi connectivity index (χ2v) is 9.55. The highest BCUT2D eigenvalue weighted by Crippen LogP contribution is 2.43. The van der Waals surface area contributed by atoms with Gasteiger partial charge in [-0.1, -0.05) is 66.7 Å². The fourth-order valence-electron chi connectivity index (χ4n) is 4.89. The Hall–Kier alpha value is -5.04. The van der Waals surface area contributed by atoms with E-state index in [1.165, 1.54) is 4.90 Å². The summed E-state index contributed by atoms with van der Waals surface area (Å²) in [5.74, 6) is -0.0628. The van der Waals surface area contributed by atoms with E-state index in [2.05, 4.69) is 0 Å². The van der Waals surface area contributed by atoms with Crippen LogP contribution >= 0.6 is 0 Å². The third-order valence-electron chi connectivity index (χ3n) is 6.92. The molecular formula is C34H31NO6. The number of nitrogens with zero attached hydrogens (tertiary/aromatic N) is 1. The van der Waals surface area contributed by atoms with Crippen molar-refractivity contribution in [3.8, 4) is 17.2 Å². The fraction of sp³-hybridized carbons (Fsp3) is 0.176. The number of ketones is 1. The molecule has 0 radical (unpaired) electrons. The van der Waals surface area contributed by atoms with Crippen molar-refractivity contribution in [2.24, 2.45) is 0 Å². The van der Waals surface area contributed by atoms with Crippen molar-refractivity contribution >= 4 is 17.4 Å².